The molecule has 1 fully saturated rings. The Labute approximate surface area is 176 Å². The van der Waals surface area contributed by atoms with E-state index in [1.165, 1.54) is 5.56 Å². The first-order chi connectivity index (χ1) is 14.7. The van der Waals surface area contributed by atoms with Crippen LogP contribution < -0.4 is 0 Å². The molecule has 0 radical (unpaired) electrons. The molecule has 0 bridgehead atoms. The smallest absolute Gasteiger partial charge is 0.311 e. The Morgan fingerprint density at radius 2 is 1.73 bits per heavy atom. The molecule has 0 aliphatic carbocycles. The van der Waals surface area contributed by atoms with Crippen LogP contribution in [-0.4, -0.2) is 39.4 Å². The number of ether oxygens (including phenoxy) is 1. The largest absolute Gasteiger partial charge is 0.457 e. The standard InChI is InChI=1S/C24H25N3O3/c28-23-15-21(17-27(23)13-11-19-7-3-1-4-8-19)24(29)30-18-22-25-12-14-26(22)16-20-9-5-2-6-10-20/h1-10,12,14,21H,11,13,15-18H2. The number of hydrogen-bond donors (Lipinski definition) is 0. The lowest BCUT2D eigenvalue weighted by Gasteiger charge is -2.16. The first kappa shape index (κ1) is 19.9. The third kappa shape index (κ3) is 4.95. The molecule has 0 spiro atoms. The number of aromatic nitrogens is 2. The minimum atomic E-state index is -0.411. The molecule has 2 aromatic carbocycles. The fraction of sp³-hybridized carbons (Fsp3) is 0.292. The normalized spacial score (nSPS) is 16.1. The highest BCUT2D eigenvalue weighted by atomic mass is 16.5. The molecule has 1 unspecified atom stereocenters. The number of esters is 1. The Bertz CT molecular complexity index is 985. The summed E-state index contributed by atoms with van der Waals surface area (Å²) in [4.78, 5) is 30.9. The highest BCUT2D eigenvalue weighted by Gasteiger charge is 2.35. The van der Waals surface area contributed by atoms with Crippen LogP contribution in [0.2, 0.25) is 0 Å². The molecule has 6 nitrogen and oxygen atoms in total. The van der Waals surface area contributed by atoms with Crippen molar-refractivity contribution in [2.24, 2.45) is 5.92 Å². The molecule has 1 atom stereocenters. The van der Waals surface area contributed by atoms with Gasteiger partial charge in [0.1, 0.15) is 12.4 Å². The predicted octanol–water partition coefficient (Wildman–Crippen LogP) is 3.07. The van der Waals surface area contributed by atoms with Crippen molar-refractivity contribution in [3.63, 3.8) is 0 Å². The molecular formula is C24H25N3O3. The quantitative estimate of drug-likeness (QED) is 0.542. The molecule has 4 rings (SSSR count). The van der Waals surface area contributed by atoms with E-state index < -0.39 is 5.92 Å². The van der Waals surface area contributed by atoms with Gasteiger partial charge in [-0.25, -0.2) is 4.98 Å². The molecule has 0 N–H and O–H groups in total. The summed E-state index contributed by atoms with van der Waals surface area (Å²) in [6.07, 6.45) is 4.58. The first-order valence-electron chi connectivity index (χ1n) is 10.2. The molecule has 6 heteroatoms. The molecule has 154 valence electrons. The van der Waals surface area contributed by atoms with Crippen molar-refractivity contribution in [1.29, 1.82) is 0 Å². The lowest BCUT2D eigenvalue weighted by atomic mass is 10.1. The van der Waals surface area contributed by atoms with Gasteiger partial charge in [-0.05, 0) is 17.5 Å². The Morgan fingerprint density at radius 3 is 2.47 bits per heavy atom. The molecule has 1 saturated heterocycles. The number of likely N-dealkylation sites (tertiary alicyclic amines) is 1. The third-order valence-electron chi connectivity index (χ3n) is 5.40. The average Bonchev–Trinajstić information content (AvgIpc) is 3.38. The Balaban J connectivity index is 1.28. The maximum absolute atomic E-state index is 12.5. The molecule has 0 saturated carbocycles. The second kappa shape index (κ2) is 9.39. The van der Waals surface area contributed by atoms with Crippen molar-refractivity contribution >= 4 is 11.9 Å². The van der Waals surface area contributed by atoms with Crippen LogP contribution in [0.5, 0.6) is 0 Å². The van der Waals surface area contributed by atoms with Gasteiger partial charge in [0.15, 0.2) is 0 Å². The SMILES string of the molecule is O=C(OCc1nccn1Cc1ccccc1)C1CC(=O)N(CCc2ccccc2)C1. The molecule has 1 aliphatic rings. The van der Waals surface area contributed by atoms with Crippen molar-refractivity contribution in [3.8, 4) is 0 Å². The van der Waals surface area contributed by atoms with E-state index in [0.29, 0.717) is 25.5 Å². The van der Waals surface area contributed by atoms with Crippen LogP contribution in [0.4, 0.5) is 0 Å². The van der Waals surface area contributed by atoms with E-state index in [4.69, 9.17) is 4.74 Å². The lowest BCUT2D eigenvalue weighted by molar-refractivity contribution is -0.150. The number of amides is 1. The summed E-state index contributed by atoms with van der Waals surface area (Å²) >= 11 is 0. The van der Waals surface area contributed by atoms with Gasteiger partial charge >= 0.3 is 5.97 Å². The summed E-state index contributed by atoms with van der Waals surface area (Å²) < 4.78 is 7.47. The summed E-state index contributed by atoms with van der Waals surface area (Å²) in [5, 5.41) is 0. The highest BCUT2D eigenvalue weighted by Crippen LogP contribution is 2.20. The van der Waals surface area contributed by atoms with Gasteiger partial charge in [-0.3, -0.25) is 9.59 Å². The van der Waals surface area contributed by atoms with Crippen molar-refractivity contribution in [3.05, 3.63) is 90.0 Å². The minimum absolute atomic E-state index is 0.0125. The number of nitrogens with zero attached hydrogens (tertiary/aromatic N) is 3. The maximum atomic E-state index is 12.5. The van der Waals surface area contributed by atoms with Crippen LogP contribution in [-0.2, 0) is 33.9 Å². The molecule has 1 aromatic heterocycles. The summed E-state index contributed by atoms with van der Waals surface area (Å²) in [6, 6.07) is 20.1. The van der Waals surface area contributed by atoms with Gasteiger partial charge in [-0.2, -0.15) is 0 Å². The number of imidazole rings is 1. The zero-order chi connectivity index (χ0) is 20.8. The van der Waals surface area contributed by atoms with Crippen LogP contribution in [0.1, 0.15) is 23.4 Å². The number of benzene rings is 2. The van der Waals surface area contributed by atoms with Crippen molar-refractivity contribution < 1.29 is 14.3 Å². The van der Waals surface area contributed by atoms with E-state index in [9.17, 15) is 9.59 Å². The molecule has 1 aliphatic heterocycles. The van der Waals surface area contributed by atoms with Gasteiger partial charge in [0.05, 0.1) is 5.92 Å². The van der Waals surface area contributed by atoms with E-state index >= 15 is 0 Å². The van der Waals surface area contributed by atoms with Gasteiger partial charge in [-0.1, -0.05) is 60.7 Å². The Kier molecular flexibility index (Phi) is 6.23. The van der Waals surface area contributed by atoms with Crippen LogP contribution in [0.15, 0.2) is 73.1 Å². The Hall–Kier alpha value is -3.41. The molecular weight excluding hydrogens is 378 g/mol. The molecule has 2 heterocycles. The molecule has 3 aromatic rings. The van der Waals surface area contributed by atoms with E-state index in [2.05, 4.69) is 4.98 Å². The fourth-order valence-corrected chi connectivity index (χ4v) is 3.71. The molecule has 1 amide bonds. The average molecular weight is 403 g/mol. The van der Waals surface area contributed by atoms with Gasteiger partial charge in [0.25, 0.3) is 0 Å². The predicted molar refractivity (Wildman–Crippen MR) is 112 cm³/mol. The summed E-state index contributed by atoms with van der Waals surface area (Å²) in [7, 11) is 0. The highest BCUT2D eigenvalue weighted by molar-refractivity contribution is 5.86. The van der Waals surface area contributed by atoms with E-state index in [-0.39, 0.29) is 24.9 Å². The van der Waals surface area contributed by atoms with Crippen LogP contribution in [0.3, 0.4) is 0 Å². The fourth-order valence-electron chi connectivity index (χ4n) is 3.71. The van der Waals surface area contributed by atoms with Gasteiger partial charge < -0.3 is 14.2 Å². The first-order valence-corrected chi connectivity index (χ1v) is 10.2. The second-order valence-corrected chi connectivity index (χ2v) is 7.54. The monoisotopic (exact) mass is 403 g/mol. The lowest BCUT2D eigenvalue weighted by Crippen LogP contribution is -2.29. The number of carbonyl (C=O) groups excluding carboxylic acids is 2. The van der Waals surface area contributed by atoms with Crippen molar-refractivity contribution in [2.75, 3.05) is 13.1 Å². The van der Waals surface area contributed by atoms with Gasteiger partial charge in [0.2, 0.25) is 5.91 Å². The van der Waals surface area contributed by atoms with E-state index in [1.54, 1.807) is 11.1 Å². The number of rotatable bonds is 8. The van der Waals surface area contributed by atoms with Crippen LogP contribution >= 0.6 is 0 Å². The third-order valence-corrected chi connectivity index (χ3v) is 5.40. The summed E-state index contributed by atoms with van der Waals surface area (Å²) in [6.45, 7) is 1.81. The zero-order valence-electron chi connectivity index (χ0n) is 16.8. The van der Waals surface area contributed by atoms with Crippen LogP contribution in [0.25, 0.3) is 0 Å². The molecule has 30 heavy (non-hydrogen) atoms. The van der Waals surface area contributed by atoms with E-state index in [1.807, 2.05) is 71.4 Å². The van der Waals surface area contributed by atoms with Crippen molar-refractivity contribution in [2.45, 2.75) is 26.0 Å². The van der Waals surface area contributed by atoms with Gasteiger partial charge in [-0.15, -0.1) is 0 Å². The number of carbonyl (C=O) groups is 2. The Morgan fingerprint density at radius 1 is 1.03 bits per heavy atom. The summed E-state index contributed by atoms with van der Waals surface area (Å²) in [5.41, 5.74) is 2.33. The zero-order valence-corrected chi connectivity index (χ0v) is 16.8. The topological polar surface area (TPSA) is 64.4 Å². The van der Waals surface area contributed by atoms with Gasteiger partial charge in [0, 0.05) is 38.4 Å². The van der Waals surface area contributed by atoms with E-state index in [0.717, 1.165) is 12.0 Å². The minimum Gasteiger partial charge on any atom is -0.457 e. The maximum Gasteiger partial charge on any atom is 0.311 e. The number of hydrogen-bond acceptors (Lipinski definition) is 4. The summed E-state index contributed by atoms with van der Waals surface area (Å²) in [5.74, 6) is -0.0402. The van der Waals surface area contributed by atoms with Crippen molar-refractivity contribution in [1.82, 2.24) is 14.5 Å². The van der Waals surface area contributed by atoms with Crippen LogP contribution in [0, 0.1) is 5.92 Å². The second-order valence-electron chi connectivity index (χ2n) is 7.54.